The molecule has 1 aliphatic heterocycles. The molecule has 0 bridgehead atoms. The van der Waals surface area contributed by atoms with E-state index in [4.69, 9.17) is 10.5 Å². The van der Waals surface area contributed by atoms with Crippen LogP contribution in [0.5, 0.6) is 0 Å². The highest BCUT2D eigenvalue weighted by Crippen LogP contribution is 2.26. The van der Waals surface area contributed by atoms with Crippen molar-refractivity contribution in [3.63, 3.8) is 0 Å². The van der Waals surface area contributed by atoms with E-state index in [1.165, 1.54) is 6.07 Å². The molecule has 18 heavy (non-hydrogen) atoms. The lowest BCUT2D eigenvalue weighted by atomic mass is 9.82. The summed E-state index contributed by atoms with van der Waals surface area (Å²) in [7, 11) is 0. The van der Waals surface area contributed by atoms with E-state index in [0.717, 1.165) is 44.5 Å². The summed E-state index contributed by atoms with van der Waals surface area (Å²) in [5.41, 5.74) is 7.08. The molecule has 3 heteroatoms. The topological polar surface area (TPSA) is 35.2 Å². The predicted octanol–water partition coefficient (Wildman–Crippen LogP) is 2.90. The summed E-state index contributed by atoms with van der Waals surface area (Å²) in [4.78, 5) is 0. The summed E-state index contributed by atoms with van der Waals surface area (Å²) in [6.07, 6.45) is 3.89. The highest BCUT2D eigenvalue weighted by Gasteiger charge is 2.25. The van der Waals surface area contributed by atoms with Crippen molar-refractivity contribution < 1.29 is 9.13 Å². The highest BCUT2D eigenvalue weighted by atomic mass is 19.1. The van der Waals surface area contributed by atoms with Crippen LogP contribution in [0, 0.1) is 11.7 Å². The van der Waals surface area contributed by atoms with E-state index in [9.17, 15) is 4.39 Å². The fourth-order valence-electron chi connectivity index (χ4n) is 2.80. The third-order valence-corrected chi connectivity index (χ3v) is 3.59. The number of rotatable bonds is 4. The van der Waals surface area contributed by atoms with E-state index in [0.29, 0.717) is 5.92 Å². The monoisotopic (exact) mass is 251 g/mol. The molecule has 1 aromatic rings. The van der Waals surface area contributed by atoms with Gasteiger partial charge in [-0.25, -0.2) is 4.39 Å². The van der Waals surface area contributed by atoms with Crippen LogP contribution in [0.2, 0.25) is 0 Å². The Morgan fingerprint density at radius 3 is 2.78 bits per heavy atom. The van der Waals surface area contributed by atoms with Gasteiger partial charge in [-0.05, 0) is 56.2 Å². The average molecular weight is 251 g/mol. The van der Waals surface area contributed by atoms with Crippen LogP contribution < -0.4 is 5.73 Å². The van der Waals surface area contributed by atoms with Gasteiger partial charge >= 0.3 is 0 Å². The SMILES string of the molecule is CC(N)(Cc1cccc(F)c1)CC1CCOCC1. The van der Waals surface area contributed by atoms with Crippen LogP contribution in [0.3, 0.4) is 0 Å². The van der Waals surface area contributed by atoms with Gasteiger partial charge in [0.25, 0.3) is 0 Å². The van der Waals surface area contributed by atoms with Crippen molar-refractivity contribution in [1.29, 1.82) is 0 Å². The minimum absolute atomic E-state index is 0.186. The molecule has 0 saturated carbocycles. The van der Waals surface area contributed by atoms with Crippen LogP contribution >= 0.6 is 0 Å². The van der Waals surface area contributed by atoms with Crippen molar-refractivity contribution in [3.05, 3.63) is 35.6 Å². The number of hydrogen-bond donors (Lipinski definition) is 1. The molecular weight excluding hydrogens is 229 g/mol. The molecule has 0 spiro atoms. The number of benzene rings is 1. The average Bonchev–Trinajstić information content (AvgIpc) is 2.28. The Hall–Kier alpha value is -0.930. The third-order valence-electron chi connectivity index (χ3n) is 3.59. The molecule has 1 atom stereocenters. The van der Waals surface area contributed by atoms with Crippen molar-refractivity contribution in [3.8, 4) is 0 Å². The second kappa shape index (κ2) is 5.81. The normalized spacial score (nSPS) is 20.6. The van der Waals surface area contributed by atoms with Gasteiger partial charge in [-0.2, -0.15) is 0 Å². The summed E-state index contributed by atoms with van der Waals surface area (Å²) >= 11 is 0. The lowest BCUT2D eigenvalue weighted by Gasteiger charge is -2.32. The molecule has 2 nitrogen and oxygen atoms in total. The Morgan fingerprint density at radius 2 is 2.11 bits per heavy atom. The van der Waals surface area contributed by atoms with Gasteiger partial charge in [-0.15, -0.1) is 0 Å². The highest BCUT2D eigenvalue weighted by molar-refractivity contribution is 5.18. The smallest absolute Gasteiger partial charge is 0.123 e. The Morgan fingerprint density at radius 1 is 1.39 bits per heavy atom. The van der Waals surface area contributed by atoms with Gasteiger partial charge in [-0.3, -0.25) is 0 Å². The van der Waals surface area contributed by atoms with Crippen molar-refractivity contribution >= 4 is 0 Å². The molecule has 1 aliphatic rings. The van der Waals surface area contributed by atoms with E-state index >= 15 is 0 Å². The van der Waals surface area contributed by atoms with Gasteiger partial charge in [0.05, 0.1) is 0 Å². The maximum Gasteiger partial charge on any atom is 0.123 e. The number of halogens is 1. The molecule has 0 aromatic heterocycles. The van der Waals surface area contributed by atoms with Gasteiger partial charge in [0.15, 0.2) is 0 Å². The minimum Gasteiger partial charge on any atom is -0.381 e. The minimum atomic E-state index is -0.268. The lowest BCUT2D eigenvalue weighted by Crippen LogP contribution is -2.41. The first kappa shape index (κ1) is 13.5. The van der Waals surface area contributed by atoms with E-state index in [1.54, 1.807) is 12.1 Å². The largest absolute Gasteiger partial charge is 0.381 e. The first-order chi connectivity index (χ1) is 8.55. The molecule has 100 valence electrons. The van der Waals surface area contributed by atoms with Gasteiger partial charge in [0.2, 0.25) is 0 Å². The molecule has 0 amide bonds. The van der Waals surface area contributed by atoms with Gasteiger partial charge in [0, 0.05) is 18.8 Å². The quantitative estimate of drug-likeness (QED) is 0.893. The van der Waals surface area contributed by atoms with E-state index in [-0.39, 0.29) is 11.4 Å². The van der Waals surface area contributed by atoms with Crippen LogP contribution in [0.25, 0.3) is 0 Å². The molecular formula is C15H22FNO. The van der Waals surface area contributed by atoms with Gasteiger partial charge in [-0.1, -0.05) is 12.1 Å². The first-order valence-corrected chi connectivity index (χ1v) is 6.66. The van der Waals surface area contributed by atoms with E-state index < -0.39 is 0 Å². The van der Waals surface area contributed by atoms with Crippen LogP contribution in [0.1, 0.15) is 31.7 Å². The zero-order chi connectivity index (χ0) is 13.0. The predicted molar refractivity (Wildman–Crippen MR) is 70.9 cm³/mol. The fourth-order valence-corrected chi connectivity index (χ4v) is 2.80. The Kier molecular flexibility index (Phi) is 4.36. The van der Waals surface area contributed by atoms with Crippen molar-refractivity contribution in [2.75, 3.05) is 13.2 Å². The van der Waals surface area contributed by atoms with Crippen molar-refractivity contribution in [2.45, 2.75) is 38.1 Å². The van der Waals surface area contributed by atoms with E-state index in [2.05, 4.69) is 6.92 Å². The van der Waals surface area contributed by atoms with Crippen LogP contribution in [0.4, 0.5) is 4.39 Å². The number of ether oxygens (including phenoxy) is 1. The maximum absolute atomic E-state index is 13.1. The zero-order valence-corrected chi connectivity index (χ0v) is 11.0. The van der Waals surface area contributed by atoms with Crippen molar-refractivity contribution in [1.82, 2.24) is 0 Å². The van der Waals surface area contributed by atoms with Crippen LogP contribution in [-0.2, 0) is 11.2 Å². The standard InChI is InChI=1S/C15H22FNO/c1-15(17,10-12-5-7-18-8-6-12)11-13-3-2-4-14(16)9-13/h2-4,9,12H,5-8,10-11,17H2,1H3. The number of hydrogen-bond acceptors (Lipinski definition) is 2. The third kappa shape index (κ3) is 4.07. The van der Waals surface area contributed by atoms with Gasteiger partial charge < -0.3 is 10.5 Å². The summed E-state index contributed by atoms with van der Waals surface area (Å²) in [6.45, 7) is 3.76. The number of nitrogens with two attached hydrogens (primary N) is 1. The summed E-state index contributed by atoms with van der Waals surface area (Å²) in [5.74, 6) is 0.455. The molecule has 1 unspecified atom stereocenters. The fraction of sp³-hybridized carbons (Fsp3) is 0.600. The Labute approximate surface area is 108 Å². The van der Waals surface area contributed by atoms with Crippen molar-refractivity contribution in [2.24, 2.45) is 11.7 Å². The zero-order valence-electron chi connectivity index (χ0n) is 11.0. The van der Waals surface area contributed by atoms with Gasteiger partial charge in [0.1, 0.15) is 5.82 Å². The molecule has 2 N–H and O–H groups in total. The molecule has 1 heterocycles. The molecule has 1 fully saturated rings. The second-order valence-corrected chi connectivity index (χ2v) is 5.72. The molecule has 2 rings (SSSR count). The van der Waals surface area contributed by atoms with Crippen LogP contribution in [0.15, 0.2) is 24.3 Å². The summed E-state index contributed by atoms with van der Waals surface area (Å²) < 4.78 is 18.5. The Bertz CT molecular complexity index is 386. The molecule has 0 aliphatic carbocycles. The molecule has 0 radical (unpaired) electrons. The van der Waals surface area contributed by atoms with Crippen LogP contribution in [-0.4, -0.2) is 18.8 Å². The first-order valence-electron chi connectivity index (χ1n) is 6.66. The lowest BCUT2D eigenvalue weighted by molar-refractivity contribution is 0.0572. The second-order valence-electron chi connectivity index (χ2n) is 5.72. The summed E-state index contributed by atoms with van der Waals surface area (Å²) in [6, 6.07) is 6.73. The van der Waals surface area contributed by atoms with E-state index in [1.807, 2.05) is 6.07 Å². The molecule has 1 aromatic carbocycles. The Balaban J connectivity index is 1.93. The maximum atomic E-state index is 13.1. The molecule has 1 saturated heterocycles. The summed E-state index contributed by atoms with van der Waals surface area (Å²) in [5, 5.41) is 0.